The number of anilines is 1. The van der Waals surface area contributed by atoms with E-state index in [0.717, 1.165) is 17.0 Å². The summed E-state index contributed by atoms with van der Waals surface area (Å²) in [6, 6.07) is 4.65. The standard InChI is InChI=1S/C18H17F3N2O3/c19-18(20,21)13-7-3-4-8-14(13)22-15(24)9-10-23-16(25)11-5-1-2-6-12(11)17(23)26/h1-4,7-8,11-12H,5-6,9-10H2,(H,22,24)/t11-,12-/m1/s1. The minimum Gasteiger partial charge on any atom is -0.325 e. The van der Waals surface area contributed by atoms with E-state index in [4.69, 9.17) is 0 Å². The first-order valence-electron chi connectivity index (χ1n) is 8.25. The third kappa shape index (κ3) is 3.49. The van der Waals surface area contributed by atoms with Crippen LogP contribution in [-0.4, -0.2) is 29.2 Å². The number of imide groups is 1. The van der Waals surface area contributed by atoms with Crippen LogP contribution in [-0.2, 0) is 20.6 Å². The van der Waals surface area contributed by atoms with E-state index in [0.29, 0.717) is 12.8 Å². The largest absolute Gasteiger partial charge is 0.418 e. The SMILES string of the molecule is O=C(CCN1C(=O)[C@@H]2CC=CC[C@H]2C1=O)Nc1ccccc1C(F)(F)F. The first-order chi connectivity index (χ1) is 12.3. The Labute approximate surface area is 147 Å². The molecule has 5 nitrogen and oxygen atoms in total. The summed E-state index contributed by atoms with van der Waals surface area (Å²) >= 11 is 0. The molecular formula is C18H17F3N2O3. The summed E-state index contributed by atoms with van der Waals surface area (Å²) in [5.74, 6) is -2.08. The molecule has 1 aliphatic heterocycles. The number of allylic oxidation sites excluding steroid dienone is 2. The highest BCUT2D eigenvalue weighted by atomic mass is 19.4. The highest BCUT2D eigenvalue weighted by Gasteiger charge is 2.46. The summed E-state index contributed by atoms with van der Waals surface area (Å²) in [5, 5.41) is 2.21. The summed E-state index contributed by atoms with van der Waals surface area (Å²) < 4.78 is 38.8. The Balaban J connectivity index is 1.62. The van der Waals surface area contributed by atoms with Crippen molar-refractivity contribution in [3.05, 3.63) is 42.0 Å². The van der Waals surface area contributed by atoms with Gasteiger partial charge in [-0.1, -0.05) is 24.3 Å². The van der Waals surface area contributed by atoms with Crippen LogP contribution in [0.5, 0.6) is 0 Å². The van der Waals surface area contributed by atoms with Crippen molar-refractivity contribution in [3.8, 4) is 0 Å². The van der Waals surface area contributed by atoms with Gasteiger partial charge < -0.3 is 5.32 Å². The fourth-order valence-electron chi connectivity index (χ4n) is 3.35. The van der Waals surface area contributed by atoms with Crippen molar-refractivity contribution in [3.63, 3.8) is 0 Å². The number of nitrogens with zero attached hydrogens (tertiary/aromatic N) is 1. The molecule has 26 heavy (non-hydrogen) atoms. The quantitative estimate of drug-likeness (QED) is 0.658. The predicted octanol–water partition coefficient (Wildman–Crippen LogP) is 2.99. The van der Waals surface area contributed by atoms with E-state index in [1.165, 1.54) is 12.1 Å². The number of halogens is 3. The molecule has 1 N–H and O–H groups in total. The van der Waals surface area contributed by atoms with E-state index in [1.54, 1.807) is 0 Å². The molecular weight excluding hydrogens is 349 g/mol. The van der Waals surface area contributed by atoms with Gasteiger partial charge in [0.1, 0.15) is 0 Å². The topological polar surface area (TPSA) is 66.5 Å². The smallest absolute Gasteiger partial charge is 0.325 e. The third-order valence-corrected chi connectivity index (χ3v) is 4.67. The minimum atomic E-state index is -4.59. The molecule has 2 atom stereocenters. The van der Waals surface area contributed by atoms with Crippen molar-refractivity contribution in [2.75, 3.05) is 11.9 Å². The number of carbonyl (C=O) groups excluding carboxylic acids is 3. The van der Waals surface area contributed by atoms with Gasteiger partial charge in [0.15, 0.2) is 0 Å². The molecule has 2 aliphatic rings. The first-order valence-corrected chi connectivity index (χ1v) is 8.25. The molecule has 0 bridgehead atoms. The highest BCUT2D eigenvalue weighted by Crippen LogP contribution is 2.36. The van der Waals surface area contributed by atoms with Gasteiger partial charge in [-0.25, -0.2) is 0 Å². The van der Waals surface area contributed by atoms with Gasteiger partial charge in [0.25, 0.3) is 0 Å². The number of alkyl halides is 3. The fourth-order valence-corrected chi connectivity index (χ4v) is 3.35. The van der Waals surface area contributed by atoms with Gasteiger partial charge in [0.05, 0.1) is 23.1 Å². The zero-order valence-corrected chi connectivity index (χ0v) is 13.8. The number of fused-ring (bicyclic) bond motifs is 1. The fraction of sp³-hybridized carbons (Fsp3) is 0.389. The summed E-state index contributed by atoms with van der Waals surface area (Å²) in [5.41, 5.74) is -1.29. The number of benzene rings is 1. The van der Waals surface area contributed by atoms with Gasteiger partial charge in [0.2, 0.25) is 17.7 Å². The van der Waals surface area contributed by atoms with Gasteiger partial charge in [-0.2, -0.15) is 13.2 Å². The maximum atomic E-state index is 12.9. The summed E-state index contributed by atoms with van der Waals surface area (Å²) in [7, 11) is 0. The van der Waals surface area contributed by atoms with Gasteiger partial charge in [0, 0.05) is 13.0 Å². The second kappa shape index (κ2) is 6.93. The van der Waals surface area contributed by atoms with Crippen LogP contribution in [0.25, 0.3) is 0 Å². The van der Waals surface area contributed by atoms with E-state index in [1.807, 2.05) is 12.2 Å². The van der Waals surface area contributed by atoms with Gasteiger partial charge in [-0.3, -0.25) is 19.3 Å². The molecule has 8 heteroatoms. The second-order valence-electron chi connectivity index (χ2n) is 6.33. The van der Waals surface area contributed by atoms with Crippen LogP contribution >= 0.6 is 0 Å². The van der Waals surface area contributed by atoms with E-state index < -0.39 is 17.6 Å². The lowest BCUT2D eigenvalue weighted by Crippen LogP contribution is -2.34. The van der Waals surface area contributed by atoms with Crippen molar-refractivity contribution in [2.45, 2.75) is 25.4 Å². The molecule has 1 aromatic rings. The van der Waals surface area contributed by atoms with Crippen LogP contribution in [0.4, 0.5) is 18.9 Å². The Kier molecular flexibility index (Phi) is 4.84. The number of hydrogen-bond acceptors (Lipinski definition) is 3. The van der Waals surface area contributed by atoms with Crippen molar-refractivity contribution in [1.82, 2.24) is 4.90 Å². The molecule has 1 saturated heterocycles. The van der Waals surface area contributed by atoms with Crippen molar-refractivity contribution in [2.24, 2.45) is 11.8 Å². The minimum absolute atomic E-state index is 0.134. The average molecular weight is 366 g/mol. The normalized spacial score (nSPS) is 22.5. The van der Waals surface area contributed by atoms with E-state index in [2.05, 4.69) is 5.32 Å². The molecule has 3 amide bonds. The third-order valence-electron chi connectivity index (χ3n) is 4.67. The molecule has 3 rings (SSSR count). The molecule has 0 aromatic heterocycles. The summed E-state index contributed by atoms with van der Waals surface area (Å²) in [6.45, 7) is -0.134. The van der Waals surface area contributed by atoms with Crippen LogP contribution in [0.1, 0.15) is 24.8 Å². The Bertz CT molecular complexity index is 747. The lowest BCUT2D eigenvalue weighted by Gasteiger charge is -2.16. The lowest BCUT2D eigenvalue weighted by molar-refractivity contribution is -0.140. The maximum Gasteiger partial charge on any atom is 0.418 e. The lowest BCUT2D eigenvalue weighted by atomic mass is 9.85. The molecule has 0 saturated carbocycles. The number of rotatable bonds is 4. The highest BCUT2D eigenvalue weighted by molar-refractivity contribution is 6.05. The molecule has 1 aliphatic carbocycles. The molecule has 0 radical (unpaired) electrons. The number of amides is 3. The average Bonchev–Trinajstić information content (AvgIpc) is 2.84. The monoisotopic (exact) mass is 366 g/mol. The van der Waals surface area contributed by atoms with Crippen LogP contribution in [0.3, 0.4) is 0 Å². The zero-order valence-electron chi connectivity index (χ0n) is 13.8. The Morgan fingerprint density at radius 1 is 1.08 bits per heavy atom. The van der Waals surface area contributed by atoms with E-state index in [-0.39, 0.29) is 42.3 Å². The molecule has 1 aromatic carbocycles. The van der Waals surface area contributed by atoms with Crippen LogP contribution in [0.15, 0.2) is 36.4 Å². The van der Waals surface area contributed by atoms with Crippen molar-refractivity contribution in [1.29, 1.82) is 0 Å². The molecule has 0 unspecified atom stereocenters. The van der Waals surface area contributed by atoms with Crippen molar-refractivity contribution >= 4 is 23.4 Å². The predicted molar refractivity (Wildman–Crippen MR) is 86.8 cm³/mol. The van der Waals surface area contributed by atoms with E-state index in [9.17, 15) is 27.6 Å². The second-order valence-corrected chi connectivity index (χ2v) is 6.33. The maximum absolute atomic E-state index is 12.9. The molecule has 1 heterocycles. The van der Waals surface area contributed by atoms with Gasteiger partial charge >= 0.3 is 6.18 Å². The molecule has 1 fully saturated rings. The molecule has 0 spiro atoms. The summed E-state index contributed by atoms with van der Waals surface area (Å²) in [4.78, 5) is 37.7. The van der Waals surface area contributed by atoms with Crippen LogP contribution < -0.4 is 5.32 Å². The Hall–Kier alpha value is -2.64. The Morgan fingerprint density at radius 2 is 1.65 bits per heavy atom. The van der Waals surface area contributed by atoms with Gasteiger partial charge in [-0.15, -0.1) is 0 Å². The number of para-hydroxylation sites is 1. The number of hydrogen-bond donors (Lipinski definition) is 1. The number of carbonyl (C=O) groups is 3. The van der Waals surface area contributed by atoms with Crippen LogP contribution in [0.2, 0.25) is 0 Å². The number of nitrogens with one attached hydrogen (secondary N) is 1. The number of likely N-dealkylation sites (tertiary alicyclic amines) is 1. The van der Waals surface area contributed by atoms with Gasteiger partial charge in [-0.05, 0) is 25.0 Å². The first kappa shape index (κ1) is 18.2. The summed E-state index contributed by atoms with van der Waals surface area (Å²) in [6.07, 6.45) is -0.134. The molecule has 138 valence electrons. The van der Waals surface area contributed by atoms with Crippen LogP contribution in [0, 0.1) is 11.8 Å². The van der Waals surface area contributed by atoms with E-state index >= 15 is 0 Å². The van der Waals surface area contributed by atoms with Crippen molar-refractivity contribution < 1.29 is 27.6 Å². The zero-order chi connectivity index (χ0) is 18.9. The Morgan fingerprint density at radius 3 is 2.23 bits per heavy atom.